The third-order valence-corrected chi connectivity index (χ3v) is 7.17. The van der Waals surface area contributed by atoms with Crippen molar-refractivity contribution in [2.45, 2.75) is 25.5 Å². The summed E-state index contributed by atoms with van der Waals surface area (Å²) in [5.41, 5.74) is 3.16. The molecule has 0 saturated carbocycles. The van der Waals surface area contributed by atoms with E-state index in [1.54, 1.807) is 17.4 Å². The number of hydrogen-bond donors (Lipinski definition) is 1. The second-order valence-electron chi connectivity index (χ2n) is 8.69. The van der Waals surface area contributed by atoms with Crippen molar-refractivity contribution >= 4 is 17.2 Å². The van der Waals surface area contributed by atoms with E-state index in [4.69, 9.17) is 4.74 Å². The second-order valence-corrected chi connectivity index (χ2v) is 9.69. The highest BCUT2D eigenvalue weighted by atomic mass is 32.1. The third kappa shape index (κ3) is 5.95. The number of aliphatic hydroxyl groups excluding tert-OH is 1. The molecule has 1 aliphatic rings. The smallest absolute Gasteiger partial charge is 0.237 e. The molecule has 0 saturated heterocycles. The molecule has 2 atom stereocenters. The minimum Gasteiger partial charge on any atom is -0.491 e. The number of amides is 1. The molecule has 2 aromatic carbocycles. The van der Waals surface area contributed by atoms with E-state index in [0.717, 1.165) is 23.3 Å². The summed E-state index contributed by atoms with van der Waals surface area (Å²) >= 11 is 1.74. The van der Waals surface area contributed by atoms with Crippen molar-refractivity contribution in [3.05, 3.63) is 100 Å². The first-order valence-electron chi connectivity index (χ1n) is 11.7. The molecular weight excluding hydrogens is 444 g/mol. The molecule has 34 heavy (non-hydrogen) atoms. The van der Waals surface area contributed by atoms with Gasteiger partial charge in [0, 0.05) is 24.5 Å². The Morgan fingerprint density at radius 2 is 2.09 bits per heavy atom. The van der Waals surface area contributed by atoms with Gasteiger partial charge in [-0.3, -0.25) is 9.69 Å². The highest BCUT2D eigenvalue weighted by molar-refractivity contribution is 7.10. The third-order valence-electron chi connectivity index (χ3n) is 6.17. The SMILES string of the molecule is C=CCN(CC(=O)N1CCc2sccc2C1COc1cccc(C)c1)CC(O)c1ccccc1. The summed E-state index contributed by atoms with van der Waals surface area (Å²) in [5.74, 6) is 0.853. The monoisotopic (exact) mass is 476 g/mol. The molecule has 0 bridgehead atoms. The number of ether oxygens (including phenoxy) is 1. The Morgan fingerprint density at radius 1 is 1.26 bits per heavy atom. The van der Waals surface area contributed by atoms with Crippen LogP contribution in [0.4, 0.5) is 0 Å². The molecule has 0 aliphatic carbocycles. The van der Waals surface area contributed by atoms with E-state index < -0.39 is 6.10 Å². The Bertz CT molecular complexity index is 1100. The summed E-state index contributed by atoms with van der Waals surface area (Å²) < 4.78 is 6.15. The Labute approximate surface area is 205 Å². The van der Waals surface area contributed by atoms with Crippen molar-refractivity contribution in [1.82, 2.24) is 9.80 Å². The van der Waals surface area contributed by atoms with E-state index in [-0.39, 0.29) is 18.5 Å². The van der Waals surface area contributed by atoms with Crippen LogP contribution < -0.4 is 4.74 Å². The first-order chi connectivity index (χ1) is 16.5. The minimum atomic E-state index is -0.667. The lowest BCUT2D eigenvalue weighted by atomic mass is 10.00. The van der Waals surface area contributed by atoms with Gasteiger partial charge in [0.15, 0.2) is 0 Å². The van der Waals surface area contributed by atoms with Crippen LogP contribution in [-0.4, -0.2) is 53.6 Å². The van der Waals surface area contributed by atoms with Crippen molar-refractivity contribution < 1.29 is 14.6 Å². The van der Waals surface area contributed by atoms with E-state index >= 15 is 0 Å². The van der Waals surface area contributed by atoms with Crippen LogP contribution in [0.5, 0.6) is 5.75 Å². The maximum Gasteiger partial charge on any atom is 0.237 e. The van der Waals surface area contributed by atoms with Crippen LogP contribution >= 0.6 is 11.3 Å². The predicted molar refractivity (Wildman–Crippen MR) is 137 cm³/mol. The summed E-state index contributed by atoms with van der Waals surface area (Å²) in [7, 11) is 0. The lowest BCUT2D eigenvalue weighted by Gasteiger charge is -2.37. The highest BCUT2D eigenvalue weighted by Gasteiger charge is 2.33. The maximum atomic E-state index is 13.5. The van der Waals surface area contributed by atoms with Crippen molar-refractivity contribution in [2.75, 3.05) is 32.8 Å². The van der Waals surface area contributed by atoms with Gasteiger partial charge >= 0.3 is 0 Å². The Kier molecular flexibility index (Phi) is 8.16. The molecule has 1 aromatic heterocycles. The average molecular weight is 477 g/mol. The van der Waals surface area contributed by atoms with Gasteiger partial charge in [0.2, 0.25) is 5.91 Å². The van der Waals surface area contributed by atoms with Gasteiger partial charge < -0.3 is 14.7 Å². The van der Waals surface area contributed by atoms with E-state index in [1.807, 2.05) is 71.3 Å². The lowest BCUT2D eigenvalue weighted by molar-refractivity contribution is -0.136. The summed E-state index contributed by atoms with van der Waals surface area (Å²) in [6.07, 6.45) is 1.96. The molecule has 3 aromatic rings. The summed E-state index contributed by atoms with van der Waals surface area (Å²) in [5, 5.41) is 12.8. The zero-order valence-corrected chi connectivity index (χ0v) is 20.4. The second kappa shape index (κ2) is 11.5. The summed E-state index contributed by atoms with van der Waals surface area (Å²) in [4.78, 5) is 18.7. The minimum absolute atomic E-state index is 0.0387. The van der Waals surface area contributed by atoms with Gasteiger partial charge in [-0.15, -0.1) is 17.9 Å². The molecule has 178 valence electrons. The van der Waals surface area contributed by atoms with E-state index in [9.17, 15) is 9.90 Å². The maximum absolute atomic E-state index is 13.5. The molecule has 2 unspecified atom stereocenters. The lowest BCUT2D eigenvalue weighted by Crippen LogP contribution is -2.47. The Balaban J connectivity index is 1.47. The topological polar surface area (TPSA) is 53.0 Å². The molecule has 4 rings (SSSR count). The fraction of sp³-hybridized carbons (Fsp3) is 0.321. The summed E-state index contributed by atoms with van der Waals surface area (Å²) in [6.45, 7) is 8.06. The van der Waals surface area contributed by atoms with Gasteiger partial charge in [-0.05, 0) is 53.6 Å². The van der Waals surface area contributed by atoms with E-state index in [2.05, 4.69) is 18.0 Å². The van der Waals surface area contributed by atoms with Crippen molar-refractivity contribution in [2.24, 2.45) is 0 Å². The van der Waals surface area contributed by atoms with Crippen molar-refractivity contribution in [3.8, 4) is 5.75 Å². The van der Waals surface area contributed by atoms with Crippen molar-refractivity contribution in [1.29, 1.82) is 0 Å². The number of fused-ring (bicyclic) bond motifs is 1. The van der Waals surface area contributed by atoms with Gasteiger partial charge in [0.25, 0.3) is 0 Å². The van der Waals surface area contributed by atoms with Gasteiger partial charge in [0.1, 0.15) is 12.4 Å². The van der Waals surface area contributed by atoms with Crippen LogP contribution in [0.3, 0.4) is 0 Å². The number of aliphatic hydroxyl groups is 1. The van der Waals surface area contributed by atoms with Gasteiger partial charge in [-0.1, -0.05) is 48.5 Å². The number of carbonyl (C=O) groups excluding carboxylic acids is 1. The molecule has 1 aliphatic heterocycles. The standard InChI is InChI=1S/C28H32N2O3S/c1-3-14-29(18-26(31)22-9-5-4-6-10-22)19-28(32)30-15-12-27-24(13-16-34-27)25(30)20-33-23-11-7-8-21(2)17-23/h3-11,13,16-17,25-26,31H,1,12,14-15,18-20H2,2H3. The van der Waals surface area contributed by atoms with Crippen LogP contribution in [-0.2, 0) is 11.2 Å². The Morgan fingerprint density at radius 3 is 2.85 bits per heavy atom. The normalized spacial score (nSPS) is 16.2. The number of nitrogens with zero attached hydrogens (tertiary/aromatic N) is 2. The zero-order valence-electron chi connectivity index (χ0n) is 19.6. The fourth-order valence-corrected chi connectivity index (χ4v) is 5.38. The molecule has 0 spiro atoms. The van der Waals surface area contributed by atoms with Gasteiger partial charge in [-0.25, -0.2) is 0 Å². The number of hydrogen-bond acceptors (Lipinski definition) is 5. The molecular formula is C28H32N2O3S. The molecule has 1 amide bonds. The number of thiophene rings is 1. The largest absolute Gasteiger partial charge is 0.491 e. The number of rotatable bonds is 10. The molecule has 0 fully saturated rings. The first-order valence-corrected chi connectivity index (χ1v) is 12.5. The van der Waals surface area contributed by atoms with Gasteiger partial charge in [-0.2, -0.15) is 0 Å². The first kappa shape index (κ1) is 24.2. The summed E-state index contributed by atoms with van der Waals surface area (Å²) in [6, 6.07) is 19.5. The predicted octanol–water partition coefficient (Wildman–Crippen LogP) is 4.78. The molecule has 2 heterocycles. The quantitative estimate of drug-likeness (QED) is 0.428. The molecule has 6 heteroatoms. The van der Waals surface area contributed by atoms with Crippen LogP contribution in [0.25, 0.3) is 0 Å². The Hall–Kier alpha value is -2.93. The van der Waals surface area contributed by atoms with Crippen molar-refractivity contribution in [3.63, 3.8) is 0 Å². The average Bonchev–Trinajstić information content (AvgIpc) is 3.32. The molecule has 0 radical (unpaired) electrons. The number of carbonyl (C=O) groups is 1. The number of aryl methyl sites for hydroxylation is 1. The van der Waals surface area contributed by atoms with Gasteiger partial charge in [0.05, 0.1) is 18.7 Å². The van der Waals surface area contributed by atoms with Crippen LogP contribution in [0, 0.1) is 6.92 Å². The molecule has 5 nitrogen and oxygen atoms in total. The zero-order chi connectivity index (χ0) is 23.9. The molecule has 1 N–H and O–H groups in total. The number of benzene rings is 2. The van der Waals surface area contributed by atoms with Crippen LogP contribution in [0.1, 0.15) is 33.7 Å². The van der Waals surface area contributed by atoms with Crippen LogP contribution in [0.2, 0.25) is 0 Å². The fourth-order valence-electron chi connectivity index (χ4n) is 4.45. The highest BCUT2D eigenvalue weighted by Crippen LogP contribution is 2.34. The van der Waals surface area contributed by atoms with Crippen LogP contribution in [0.15, 0.2) is 78.7 Å². The van der Waals surface area contributed by atoms with E-state index in [1.165, 1.54) is 10.4 Å². The van der Waals surface area contributed by atoms with E-state index in [0.29, 0.717) is 26.2 Å².